The third-order valence-electron chi connectivity index (χ3n) is 7.77. The number of aliphatic hydroxyl groups excluding tert-OH is 1. The molecule has 0 saturated heterocycles. The first-order valence-electron chi connectivity index (χ1n) is 12.5. The molecule has 41 heavy (non-hydrogen) atoms. The number of hydrogen-bond acceptors (Lipinski definition) is 11. The Balaban J connectivity index is 1.49. The Morgan fingerprint density at radius 3 is 2.00 bits per heavy atom. The molecule has 0 aromatic heterocycles. The van der Waals surface area contributed by atoms with Crippen molar-refractivity contribution in [3.8, 4) is 57.5 Å². The van der Waals surface area contributed by atoms with Crippen LogP contribution in [0.3, 0.4) is 0 Å². The summed E-state index contributed by atoms with van der Waals surface area (Å²) in [7, 11) is 0. The van der Waals surface area contributed by atoms with Crippen LogP contribution in [0, 0.1) is 0 Å². The molecule has 0 bridgehead atoms. The van der Waals surface area contributed by atoms with Crippen LogP contribution in [0.2, 0.25) is 0 Å². The van der Waals surface area contributed by atoms with Gasteiger partial charge in [-0.25, -0.2) is 0 Å². The van der Waals surface area contributed by atoms with E-state index in [4.69, 9.17) is 14.2 Å². The van der Waals surface area contributed by atoms with Gasteiger partial charge in [-0.3, -0.25) is 0 Å². The fraction of sp³-hybridized carbons (Fsp3) is 0.133. The van der Waals surface area contributed by atoms with Crippen LogP contribution in [-0.2, 0) is 5.41 Å². The zero-order valence-corrected chi connectivity index (χ0v) is 20.9. The fourth-order valence-electron chi connectivity index (χ4n) is 5.99. The minimum atomic E-state index is -1.37. The highest BCUT2D eigenvalue weighted by molar-refractivity contribution is 5.78. The summed E-state index contributed by atoms with van der Waals surface area (Å²) in [5.74, 6) is -2.26. The van der Waals surface area contributed by atoms with Crippen LogP contribution < -0.4 is 14.2 Å². The van der Waals surface area contributed by atoms with Gasteiger partial charge in [0.1, 0.15) is 58.4 Å². The van der Waals surface area contributed by atoms with Crippen LogP contribution >= 0.6 is 0 Å². The van der Waals surface area contributed by atoms with E-state index in [2.05, 4.69) is 0 Å². The van der Waals surface area contributed by atoms with Crippen molar-refractivity contribution in [3.63, 3.8) is 0 Å². The molecule has 0 saturated carbocycles. The summed E-state index contributed by atoms with van der Waals surface area (Å²) in [6.07, 6.45) is -0.848. The Hall–Kier alpha value is -5.58. The Morgan fingerprint density at radius 1 is 0.610 bits per heavy atom. The standard InChI is InChI=1S/C30H22O11/c31-14-7-21(37)25-24(8-14)40-29(13-2-4-17(33)20(36)6-13)30(25)11-39-23-10-18(34)15-9-22(38)27(41-28(15)26(23)30)12-1-3-16(32)19(35)5-12/h1-10,27,29,31-38H,11H2/t27-,29-,30+/m1/s1. The van der Waals surface area contributed by atoms with Crippen LogP contribution in [0.4, 0.5) is 0 Å². The Morgan fingerprint density at radius 2 is 1.29 bits per heavy atom. The molecule has 3 heterocycles. The van der Waals surface area contributed by atoms with Crippen LogP contribution in [0.25, 0.3) is 6.08 Å². The summed E-state index contributed by atoms with van der Waals surface area (Å²) in [5, 5.41) is 83.2. The molecular weight excluding hydrogens is 536 g/mol. The molecule has 11 heteroatoms. The molecule has 3 aliphatic rings. The molecule has 1 spiro atoms. The highest BCUT2D eigenvalue weighted by Crippen LogP contribution is 2.66. The number of ether oxygens (including phenoxy) is 3. The molecule has 11 nitrogen and oxygen atoms in total. The second-order valence-corrected chi connectivity index (χ2v) is 10.2. The third kappa shape index (κ3) is 3.32. The highest BCUT2D eigenvalue weighted by Gasteiger charge is 2.60. The largest absolute Gasteiger partial charge is 0.508 e. The van der Waals surface area contributed by atoms with Gasteiger partial charge in [-0.05, 0) is 35.9 Å². The average molecular weight is 558 g/mol. The Kier molecular flexibility index (Phi) is 4.90. The van der Waals surface area contributed by atoms with Gasteiger partial charge >= 0.3 is 0 Å². The number of rotatable bonds is 2. The van der Waals surface area contributed by atoms with Gasteiger partial charge in [0.05, 0.1) is 16.7 Å². The first-order valence-corrected chi connectivity index (χ1v) is 12.5. The Labute approximate surface area is 231 Å². The predicted octanol–water partition coefficient (Wildman–Crippen LogP) is 4.47. The number of aliphatic hydroxyl groups is 1. The summed E-state index contributed by atoms with van der Waals surface area (Å²) < 4.78 is 18.7. The fourth-order valence-corrected chi connectivity index (χ4v) is 5.99. The number of fused-ring (bicyclic) bond motifs is 6. The molecule has 3 aliphatic heterocycles. The zero-order valence-electron chi connectivity index (χ0n) is 20.9. The van der Waals surface area contributed by atoms with Crippen molar-refractivity contribution >= 4 is 6.08 Å². The summed E-state index contributed by atoms with van der Waals surface area (Å²) >= 11 is 0. The van der Waals surface area contributed by atoms with Gasteiger partial charge in [0, 0.05) is 23.8 Å². The lowest BCUT2D eigenvalue weighted by atomic mass is 9.69. The van der Waals surface area contributed by atoms with Gasteiger partial charge in [0.25, 0.3) is 0 Å². The van der Waals surface area contributed by atoms with Gasteiger partial charge in [-0.15, -0.1) is 0 Å². The number of aromatic hydroxyl groups is 7. The molecule has 4 aromatic rings. The van der Waals surface area contributed by atoms with Gasteiger partial charge in [0.15, 0.2) is 29.1 Å². The van der Waals surface area contributed by atoms with Crippen molar-refractivity contribution in [2.75, 3.05) is 6.61 Å². The summed E-state index contributed by atoms with van der Waals surface area (Å²) in [4.78, 5) is 0. The lowest BCUT2D eigenvalue weighted by Gasteiger charge is -2.33. The van der Waals surface area contributed by atoms with Crippen LogP contribution in [0.5, 0.6) is 57.5 Å². The molecule has 0 radical (unpaired) electrons. The lowest BCUT2D eigenvalue weighted by Crippen LogP contribution is -2.35. The van der Waals surface area contributed by atoms with E-state index in [0.717, 1.165) is 6.07 Å². The summed E-state index contributed by atoms with van der Waals surface area (Å²) in [6.45, 7) is -0.125. The van der Waals surface area contributed by atoms with Gasteiger partial charge in [0.2, 0.25) is 0 Å². The molecule has 0 fully saturated rings. The summed E-state index contributed by atoms with van der Waals surface area (Å²) in [6, 6.07) is 11.9. The minimum absolute atomic E-state index is 0.0878. The van der Waals surface area contributed by atoms with E-state index in [1.54, 1.807) is 0 Å². The van der Waals surface area contributed by atoms with Crippen molar-refractivity contribution < 1.29 is 55.1 Å². The molecule has 0 aliphatic carbocycles. The normalized spacial score (nSPS) is 21.7. The van der Waals surface area contributed by atoms with Crippen molar-refractivity contribution in [1.29, 1.82) is 0 Å². The topological polar surface area (TPSA) is 190 Å². The third-order valence-corrected chi connectivity index (χ3v) is 7.77. The second-order valence-electron chi connectivity index (χ2n) is 10.2. The summed E-state index contributed by atoms with van der Waals surface area (Å²) in [5.41, 5.74) is 0.0273. The van der Waals surface area contributed by atoms with Gasteiger partial charge in [-0.2, -0.15) is 0 Å². The van der Waals surface area contributed by atoms with E-state index >= 15 is 0 Å². The maximum Gasteiger partial charge on any atom is 0.180 e. The van der Waals surface area contributed by atoms with Crippen LogP contribution in [-0.4, -0.2) is 47.5 Å². The zero-order chi connectivity index (χ0) is 28.8. The first-order chi connectivity index (χ1) is 19.6. The van der Waals surface area contributed by atoms with Crippen molar-refractivity contribution in [2.45, 2.75) is 17.6 Å². The average Bonchev–Trinajstić information content (AvgIpc) is 3.45. The molecule has 3 atom stereocenters. The highest BCUT2D eigenvalue weighted by atomic mass is 16.5. The Bertz CT molecular complexity index is 1810. The van der Waals surface area contributed by atoms with E-state index in [1.165, 1.54) is 54.6 Å². The molecular formula is C30H22O11. The minimum Gasteiger partial charge on any atom is -0.508 e. The predicted molar refractivity (Wildman–Crippen MR) is 141 cm³/mol. The smallest absolute Gasteiger partial charge is 0.180 e. The quantitative estimate of drug-likeness (QED) is 0.162. The van der Waals surface area contributed by atoms with E-state index in [9.17, 15) is 40.9 Å². The van der Waals surface area contributed by atoms with E-state index in [1.807, 2.05) is 0 Å². The van der Waals surface area contributed by atoms with Crippen LogP contribution in [0.1, 0.15) is 40.0 Å². The maximum absolute atomic E-state index is 11.1. The number of phenolic OH excluding ortho intramolecular Hbond substituents is 7. The van der Waals surface area contributed by atoms with Crippen molar-refractivity contribution in [2.24, 2.45) is 0 Å². The first kappa shape index (κ1) is 24.5. The molecule has 0 amide bonds. The SMILES string of the molecule is OC1=Cc2c(O)cc3c(c2O[C@@H]1c1ccc(O)c(O)c1)[C@]1(CO3)c2c(O)cc(O)cc2O[C@@H]1c1ccc(O)c(O)c1. The molecule has 0 unspecified atom stereocenters. The van der Waals surface area contributed by atoms with E-state index < -0.39 is 29.1 Å². The molecule has 7 rings (SSSR count). The van der Waals surface area contributed by atoms with Crippen LogP contribution in [0.15, 0.2) is 60.4 Å². The van der Waals surface area contributed by atoms with Crippen molar-refractivity contribution in [3.05, 3.63) is 88.2 Å². The van der Waals surface area contributed by atoms with E-state index in [0.29, 0.717) is 16.7 Å². The second kappa shape index (κ2) is 8.21. The van der Waals surface area contributed by atoms with Crippen molar-refractivity contribution in [1.82, 2.24) is 0 Å². The van der Waals surface area contributed by atoms with Gasteiger partial charge < -0.3 is 55.1 Å². The number of hydrogen-bond donors (Lipinski definition) is 8. The molecule has 208 valence electrons. The number of benzene rings is 4. The number of phenols is 7. The monoisotopic (exact) mass is 558 g/mol. The van der Waals surface area contributed by atoms with E-state index in [-0.39, 0.29) is 69.5 Å². The van der Waals surface area contributed by atoms with Gasteiger partial charge in [-0.1, -0.05) is 12.1 Å². The molecule has 8 N–H and O–H groups in total. The lowest BCUT2D eigenvalue weighted by molar-refractivity contribution is 0.138. The maximum atomic E-state index is 11.1. The molecule has 4 aromatic carbocycles.